The summed E-state index contributed by atoms with van der Waals surface area (Å²) in [4.78, 5) is 15.8. The predicted molar refractivity (Wildman–Crippen MR) is 109 cm³/mol. The number of aryl methyl sites for hydroxylation is 1. The predicted octanol–water partition coefficient (Wildman–Crippen LogP) is 4.97. The van der Waals surface area contributed by atoms with E-state index in [1.807, 2.05) is 24.3 Å². The fourth-order valence-corrected chi connectivity index (χ4v) is 4.09. The molecular weight excluding hydrogens is 355 g/mol. The molecule has 0 radical (unpaired) electrons. The lowest BCUT2D eigenvalue weighted by molar-refractivity contribution is -0.121. The van der Waals surface area contributed by atoms with Crippen LogP contribution in [0.3, 0.4) is 0 Å². The number of benzene rings is 2. The smallest absolute Gasteiger partial charge is 0.220 e. The number of aromatic amines is 1. The highest BCUT2D eigenvalue weighted by Gasteiger charge is 2.19. The van der Waals surface area contributed by atoms with E-state index in [-0.39, 0.29) is 11.7 Å². The molecule has 28 heavy (non-hydrogen) atoms. The van der Waals surface area contributed by atoms with Crippen LogP contribution >= 0.6 is 0 Å². The monoisotopic (exact) mass is 380 g/mol. The highest BCUT2D eigenvalue weighted by Crippen LogP contribution is 2.32. The fourth-order valence-electron chi connectivity index (χ4n) is 4.09. The molecule has 1 heterocycles. The summed E-state index contributed by atoms with van der Waals surface area (Å²) in [6.45, 7) is 0. The molecule has 4 rings (SSSR count). The van der Waals surface area contributed by atoms with E-state index in [0.717, 1.165) is 46.3 Å². The Morgan fingerprint density at radius 1 is 1.18 bits per heavy atom. The van der Waals surface area contributed by atoms with Gasteiger partial charge >= 0.3 is 0 Å². The standard InChI is InChI=1S/C23H25FN2O2/c1-28-18-9-6-15(7-10-18)23-19(20-14-16(24)8-12-21(20)26-23)11-13-22(27)25-17-4-2-3-5-17/h6-10,12,14,17,26H,2-5,11,13H2,1H3,(H,25,27). The maximum atomic E-state index is 13.9. The minimum absolute atomic E-state index is 0.0679. The summed E-state index contributed by atoms with van der Waals surface area (Å²) in [5, 5.41) is 3.97. The van der Waals surface area contributed by atoms with Crippen LogP contribution in [0.5, 0.6) is 5.75 Å². The van der Waals surface area contributed by atoms with E-state index < -0.39 is 0 Å². The maximum Gasteiger partial charge on any atom is 0.220 e. The first-order valence-electron chi connectivity index (χ1n) is 9.88. The fraction of sp³-hybridized carbons (Fsp3) is 0.348. The van der Waals surface area contributed by atoms with Crippen molar-refractivity contribution in [3.05, 3.63) is 53.8 Å². The van der Waals surface area contributed by atoms with E-state index >= 15 is 0 Å². The topological polar surface area (TPSA) is 54.1 Å². The second-order valence-corrected chi connectivity index (χ2v) is 7.45. The van der Waals surface area contributed by atoms with Crippen molar-refractivity contribution in [2.24, 2.45) is 0 Å². The van der Waals surface area contributed by atoms with Crippen LogP contribution in [0, 0.1) is 5.82 Å². The van der Waals surface area contributed by atoms with Gasteiger partial charge in [0.25, 0.3) is 0 Å². The zero-order chi connectivity index (χ0) is 19.5. The summed E-state index contributed by atoms with van der Waals surface area (Å²) in [6, 6.07) is 12.8. The Morgan fingerprint density at radius 2 is 1.93 bits per heavy atom. The first-order chi connectivity index (χ1) is 13.6. The van der Waals surface area contributed by atoms with Gasteiger partial charge in [0, 0.05) is 29.1 Å². The van der Waals surface area contributed by atoms with E-state index in [0.29, 0.717) is 18.9 Å². The number of hydrogen-bond donors (Lipinski definition) is 2. The van der Waals surface area contributed by atoms with Crippen molar-refractivity contribution in [1.82, 2.24) is 10.3 Å². The molecule has 1 aliphatic carbocycles. The number of methoxy groups -OCH3 is 1. The molecule has 1 amide bonds. The maximum absolute atomic E-state index is 13.9. The molecule has 1 fully saturated rings. The quantitative estimate of drug-likeness (QED) is 0.634. The molecule has 2 aromatic carbocycles. The van der Waals surface area contributed by atoms with E-state index in [1.54, 1.807) is 19.2 Å². The summed E-state index contributed by atoms with van der Waals surface area (Å²) >= 11 is 0. The van der Waals surface area contributed by atoms with Crippen molar-refractivity contribution >= 4 is 16.8 Å². The summed E-state index contributed by atoms with van der Waals surface area (Å²) < 4.78 is 19.1. The van der Waals surface area contributed by atoms with Gasteiger partial charge < -0.3 is 15.0 Å². The molecule has 0 saturated heterocycles. The molecule has 0 aliphatic heterocycles. The zero-order valence-electron chi connectivity index (χ0n) is 16.1. The third-order valence-electron chi connectivity index (χ3n) is 5.57. The van der Waals surface area contributed by atoms with Gasteiger partial charge in [-0.3, -0.25) is 4.79 Å². The number of hydrogen-bond acceptors (Lipinski definition) is 2. The van der Waals surface area contributed by atoms with Gasteiger partial charge in [0.2, 0.25) is 5.91 Å². The largest absolute Gasteiger partial charge is 0.497 e. The number of carbonyl (C=O) groups is 1. The van der Waals surface area contributed by atoms with Gasteiger partial charge in [-0.05, 0) is 72.9 Å². The van der Waals surface area contributed by atoms with Crippen molar-refractivity contribution in [2.75, 3.05) is 7.11 Å². The third-order valence-corrected chi connectivity index (χ3v) is 5.57. The average molecular weight is 380 g/mol. The van der Waals surface area contributed by atoms with Crippen LogP contribution in [0.25, 0.3) is 22.2 Å². The molecule has 0 bridgehead atoms. The molecule has 3 aromatic rings. The van der Waals surface area contributed by atoms with Gasteiger partial charge in [0.15, 0.2) is 0 Å². The first kappa shape index (κ1) is 18.5. The van der Waals surface area contributed by atoms with Crippen molar-refractivity contribution in [3.63, 3.8) is 0 Å². The summed E-state index contributed by atoms with van der Waals surface area (Å²) in [5.41, 5.74) is 3.76. The molecule has 5 heteroatoms. The highest BCUT2D eigenvalue weighted by molar-refractivity contribution is 5.91. The van der Waals surface area contributed by atoms with Crippen LogP contribution in [-0.4, -0.2) is 24.0 Å². The Morgan fingerprint density at radius 3 is 2.64 bits per heavy atom. The Balaban J connectivity index is 1.62. The molecule has 146 valence electrons. The van der Waals surface area contributed by atoms with Gasteiger partial charge in [-0.2, -0.15) is 0 Å². The molecule has 0 unspecified atom stereocenters. The van der Waals surface area contributed by atoms with E-state index in [4.69, 9.17) is 4.74 Å². The number of aromatic nitrogens is 1. The van der Waals surface area contributed by atoms with Crippen molar-refractivity contribution < 1.29 is 13.9 Å². The van der Waals surface area contributed by atoms with E-state index in [9.17, 15) is 9.18 Å². The highest BCUT2D eigenvalue weighted by atomic mass is 19.1. The number of fused-ring (bicyclic) bond motifs is 1. The molecular formula is C23H25FN2O2. The summed E-state index contributed by atoms with van der Waals surface area (Å²) in [7, 11) is 1.63. The average Bonchev–Trinajstić information content (AvgIpc) is 3.34. The molecule has 1 saturated carbocycles. The number of amides is 1. The minimum atomic E-state index is -0.274. The lowest BCUT2D eigenvalue weighted by Gasteiger charge is -2.12. The lowest BCUT2D eigenvalue weighted by Crippen LogP contribution is -2.32. The normalized spacial score (nSPS) is 14.5. The van der Waals surface area contributed by atoms with Gasteiger partial charge in [0.05, 0.1) is 7.11 Å². The SMILES string of the molecule is COc1ccc(-c2[nH]c3ccc(F)cc3c2CCC(=O)NC2CCCC2)cc1. The van der Waals surface area contributed by atoms with Crippen molar-refractivity contribution in [2.45, 2.75) is 44.6 Å². The third kappa shape index (κ3) is 3.88. The van der Waals surface area contributed by atoms with Gasteiger partial charge in [-0.1, -0.05) is 12.8 Å². The number of H-pyrrole nitrogens is 1. The van der Waals surface area contributed by atoms with E-state index in [1.165, 1.54) is 18.9 Å². The summed E-state index contributed by atoms with van der Waals surface area (Å²) in [6.07, 6.45) is 5.47. The molecule has 1 aliphatic rings. The lowest BCUT2D eigenvalue weighted by atomic mass is 10.0. The first-order valence-corrected chi connectivity index (χ1v) is 9.88. The van der Waals surface area contributed by atoms with Crippen LogP contribution < -0.4 is 10.1 Å². The van der Waals surface area contributed by atoms with Gasteiger partial charge in [-0.25, -0.2) is 4.39 Å². The van der Waals surface area contributed by atoms with Crippen molar-refractivity contribution in [3.8, 4) is 17.0 Å². The van der Waals surface area contributed by atoms with Crippen LogP contribution in [-0.2, 0) is 11.2 Å². The Hall–Kier alpha value is -2.82. The Labute approximate surface area is 164 Å². The number of carbonyl (C=O) groups excluding carboxylic acids is 1. The van der Waals surface area contributed by atoms with Crippen LogP contribution in [0.4, 0.5) is 4.39 Å². The van der Waals surface area contributed by atoms with Crippen LogP contribution in [0.15, 0.2) is 42.5 Å². The molecule has 0 atom stereocenters. The zero-order valence-corrected chi connectivity index (χ0v) is 16.1. The number of nitrogens with one attached hydrogen (secondary N) is 2. The summed E-state index contributed by atoms with van der Waals surface area (Å²) in [5.74, 6) is 0.575. The molecule has 0 spiro atoms. The van der Waals surface area contributed by atoms with Crippen molar-refractivity contribution in [1.29, 1.82) is 0 Å². The number of ether oxygens (including phenoxy) is 1. The second-order valence-electron chi connectivity index (χ2n) is 7.45. The van der Waals surface area contributed by atoms with Crippen LogP contribution in [0.2, 0.25) is 0 Å². The minimum Gasteiger partial charge on any atom is -0.497 e. The van der Waals surface area contributed by atoms with Gasteiger partial charge in [0.1, 0.15) is 11.6 Å². The Bertz CT molecular complexity index is 972. The van der Waals surface area contributed by atoms with Gasteiger partial charge in [-0.15, -0.1) is 0 Å². The number of halogens is 1. The number of rotatable bonds is 6. The van der Waals surface area contributed by atoms with Crippen LogP contribution in [0.1, 0.15) is 37.7 Å². The molecule has 1 aromatic heterocycles. The van der Waals surface area contributed by atoms with E-state index in [2.05, 4.69) is 10.3 Å². The molecule has 4 nitrogen and oxygen atoms in total. The Kier molecular flexibility index (Phi) is 5.33. The molecule has 2 N–H and O–H groups in total. The second kappa shape index (κ2) is 8.05.